The molecular weight excluding hydrogens is 407 g/mol. The standard InChI is InChI=1S/C17H25N3OS.C2HF3O2/c1-12(2)20-17-10-19(9-14-6-5-13(3)22-14)8-7-15(17)16(18-20)11-21-4;3-2(4,5)1(6)7/h5-6,12H,7-11H2,1-4H3;(H,6,7). The van der Waals surface area contributed by atoms with Crippen molar-refractivity contribution in [3.8, 4) is 0 Å². The minimum Gasteiger partial charge on any atom is -0.475 e. The molecule has 2 aromatic rings. The summed E-state index contributed by atoms with van der Waals surface area (Å²) >= 11 is 1.90. The molecule has 3 heterocycles. The zero-order chi connectivity index (χ0) is 21.8. The van der Waals surface area contributed by atoms with Crippen LogP contribution in [0.15, 0.2) is 12.1 Å². The topological polar surface area (TPSA) is 67.6 Å². The van der Waals surface area contributed by atoms with Crippen LogP contribution in [0.25, 0.3) is 0 Å². The van der Waals surface area contributed by atoms with Crippen LogP contribution >= 0.6 is 11.3 Å². The second-order valence-electron chi connectivity index (χ2n) is 7.12. The Morgan fingerprint density at radius 3 is 2.52 bits per heavy atom. The summed E-state index contributed by atoms with van der Waals surface area (Å²) in [6.45, 7) is 10.3. The Labute approximate surface area is 171 Å². The number of hydrogen-bond donors (Lipinski definition) is 1. The number of carboxylic acid groups (broad SMARTS) is 1. The van der Waals surface area contributed by atoms with Gasteiger partial charge in [0, 0.05) is 48.1 Å². The highest BCUT2D eigenvalue weighted by Gasteiger charge is 2.38. The Balaban J connectivity index is 0.000000370. The van der Waals surface area contributed by atoms with Gasteiger partial charge < -0.3 is 9.84 Å². The number of ether oxygens (including phenoxy) is 1. The van der Waals surface area contributed by atoms with Crippen LogP contribution < -0.4 is 0 Å². The lowest BCUT2D eigenvalue weighted by Crippen LogP contribution is -2.31. The maximum atomic E-state index is 10.6. The van der Waals surface area contributed by atoms with Gasteiger partial charge in [0.15, 0.2) is 0 Å². The highest BCUT2D eigenvalue weighted by Crippen LogP contribution is 2.27. The van der Waals surface area contributed by atoms with Gasteiger partial charge in [-0.25, -0.2) is 4.79 Å². The molecule has 0 bridgehead atoms. The molecule has 0 amide bonds. The average molecular weight is 433 g/mol. The van der Waals surface area contributed by atoms with Gasteiger partial charge in [0.05, 0.1) is 18.0 Å². The second kappa shape index (κ2) is 9.73. The van der Waals surface area contributed by atoms with E-state index in [4.69, 9.17) is 19.7 Å². The first-order valence-corrected chi connectivity index (χ1v) is 10.0. The van der Waals surface area contributed by atoms with Crippen molar-refractivity contribution in [1.82, 2.24) is 14.7 Å². The van der Waals surface area contributed by atoms with Gasteiger partial charge in [0.25, 0.3) is 0 Å². The SMILES string of the molecule is COCc1nn(C(C)C)c2c1CCN(Cc1ccc(C)s1)C2.O=C(O)C(F)(F)F. The van der Waals surface area contributed by atoms with Crippen LogP contribution in [0.4, 0.5) is 13.2 Å². The van der Waals surface area contributed by atoms with E-state index < -0.39 is 12.1 Å². The number of alkyl halides is 3. The van der Waals surface area contributed by atoms with E-state index in [-0.39, 0.29) is 0 Å². The summed E-state index contributed by atoms with van der Waals surface area (Å²) in [5.74, 6) is -2.76. The Kier molecular flexibility index (Phi) is 7.84. The molecule has 29 heavy (non-hydrogen) atoms. The molecule has 3 rings (SSSR count). The Morgan fingerprint density at radius 2 is 2.03 bits per heavy atom. The molecule has 0 radical (unpaired) electrons. The fraction of sp³-hybridized carbons (Fsp3) is 0.579. The minimum atomic E-state index is -5.08. The number of aromatic nitrogens is 2. The van der Waals surface area contributed by atoms with Gasteiger partial charge in [-0.05, 0) is 39.3 Å². The fourth-order valence-electron chi connectivity index (χ4n) is 3.18. The zero-order valence-corrected chi connectivity index (χ0v) is 17.7. The van der Waals surface area contributed by atoms with Crippen molar-refractivity contribution in [1.29, 1.82) is 0 Å². The number of thiophene rings is 1. The normalized spacial score (nSPS) is 14.5. The van der Waals surface area contributed by atoms with E-state index in [0.717, 1.165) is 31.7 Å². The molecule has 6 nitrogen and oxygen atoms in total. The smallest absolute Gasteiger partial charge is 0.475 e. The third-order valence-electron chi connectivity index (χ3n) is 4.44. The van der Waals surface area contributed by atoms with E-state index >= 15 is 0 Å². The maximum absolute atomic E-state index is 10.6. The number of methoxy groups -OCH3 is 1. The molecular formula is C19H26F3N3O3S. The monoisotopic (exact) mass is 433 g/mol. The van der Waals surface area contributed by atoms with Crippen molar-refractivity contribution in [2.45, 2.75) is 59.1 Å². The zero-order valence-electron chi connectivity index (χ0n) is 16.9. The maximum Gasteiger partial charge on any atom is 0.490 e. The minimum absolute atomic E-state index is 0.392. The molecule has 1 aliphatic heterocycles. The number of fused-ring (bicyclic) bond motifs is 1. The highest BCUT2D eigenvalue weighted by molar-refractivity contribution is 7.11. The van der Waals surface area contributed by atoms with Crippen LogP contribution in [-0.4, -0.2) is 45.6 Å². The number of carboxylic acids is 1. The van der Waals surface area contributed by atoms with Crippen LogP contribution in [0.1, 0.15) is 46.6 Å². The number of aryl methyl sites for hydroxylation is 1. The Hall–Kier alpha value is -1.91. The third-order valence-corrected chi connectivity index (χ3v) is 5.43. The molecule has 2 aromatic heterocycles. The molecule has 0 saturated heterocycles. The van der Waals surface area contributed by atoms with Crippen molar-refractivity contribution in [2.75, 3.05) is 13.7 Å². The molecule has 0 saturated carbocycles. The van der Waals surface area contributed by atoms with Crippen molar-refractivity contribution in [3.63, 3.8) is 0 Å². The van der Waals surface area contributed by atoms with E-state index in [1.54, 1.807) is 7.11 Å². The molecule has 0 aliphatic carbocycles. The van der Waals surface area contributed by atoms with Crippen molar-refractivity contribution in [3.05, 3.63) is 38.8 Å². The van der Waals surface area contributed by atoms with Gasteiger partial charge in [-0.15, -0.1) is 11.3 Å². The lowest BCUT2D eigenvalue weighted by atomic mass is 10.0. The Bertz CT molecular complexity index is 831. The van der Waals surface area contributed by atoms with E-state index in [9.17, 15) is 13.2 Å². The lowest BCUT2D eigenvalue weighted by molar-refractivity contribution is -0.192. The molecule has 162 valence electrons. The third kappa shape index (κ3) is 6.28. The highest BCUT2D eigenvalue weighted by atomic mass is 32.1. The van der Waals surface area contributed by atoms with Gasteiger partial charge in [-0.1, -0.05) is 0 Å². The number of aliphatic carboxylic acids is 1. The summed E-state index contributed by atoms with van der Waals surface area (Å²) in [5.41, 5.74) is 3.91. The first kappa shape index (κ1) is 23.4. The summed E-state index contributed by atoms with van der Waals surface area (Å²) in [6.07, 6.45) is -4.01. The van der Waals surface area contributed by atoms with Crippen LogP contribution in [-0.2, 0) is 35.6 Å². The Morgan fingerprint density at radius 1 is 1.38 bits per heavy atom. The summed E-state index contributed by atoms with van der Waals surface area (Å²) in [6, 6.07) is 4.86. The predicted octanol–water partition coefficient (Wildman–Crippen LogP) is 4.17. The van der Waals surface area contributed by atoms with Crippen molar-refractivity contribution in [2.24, 2.45) is 0 Å². The van der Waals surface area contributed by atoms with Crippen LogP contribution in [0.5, 0.6) is 0 Å². The summed E-state index contributed by atoms with van der Waals surface area (Å²) in [4.78, 5) is 14.3. The van der Waals surface area contributed by atoms with Gasteiger partial charge in [-0.2, -0.15) is 18.3 Å². The second-order valence-corrected chi connectivity index (χ2v) is 8.49. The first-order chi connectivity index (χ1) is 13.5. The van der Waals surface area contributed by atoms with Crippen molar-refractivity contribution >= 4 is 17.3 Å². The molecule has 1 aliphatic rings. The van der Waals surface area contributed by atoms with E-state index in [1.165, 1.54) is 21.0 Å². The molecule has 1 N–H and O–H groups in total. The number of carbonyl (C=O) groups is 1. The predicted molar refractivity (Wildman–Crippen MR) is 104 cm³/mol. The van der Waals surface area contributed by atoms with Crippen LogP contribution in [0.2, 0.25) is 0 Å². The quantitative estimate of drug-likeness (QED) is 0.767. The molecule has 0 atom stereocenters. The molecule has 10 heteroatoms. The summed E-state index contributed by atoms with van der Waals surface area (Å²) in [7, 11) is 1.75. The number of rotatable bonds is 5. The van der Waals surface area contributed by atoms with Crippen molar-refractivity contribution < 1.29 is 27.8 Å². The molecule has 0 unspecified atom stereocenters. The van der Waals surface area contributed by atoms with Gasteiger partial charge in [-0.3, -0.25) is 9.58 Å². The van der Waals surface area contributed by atoms with Crippen LogP contribution in [0.3, 0.4) is 0 Å². The van der Waals surface area contributed by atoms with Crippen LogP contribution in [0, 0.1) is 6.92 Å². The number of hydrogen-bond acceptors (Lipinski definition) is 5. The van der Waals surface area contributed by atoms with E-state index in [1.807, 2.05) is 11.3 Å². The molecule has 0 spiro atoms. The average Bonchev–Trinajstić information content (AvgIpc) is 3.18. The van der Waals surface area contributed by atoms with E-state index in [0.29, 0.717) is 12.6 Å². The molecule has 0 aromatic carbocycles. The number of nitrogens with zero attached hydrogens (tertiary/aromatic N) is 3. The molecule has 0 fully saturated rings. The van der Waals surface area contributed by atoms with E-state index in [2.05, 4.69) is 42.5 Å². The first-order valence-electron chi connectivity index (χ1n) is 9.18. The lowest BCUT2D eigenvalue weighted by Gasteiger charge is -2.28. The summed E-state index contributed by atoms with van der Waals surface area (Å²) < 4.78 is 39.3. The largest absolute Gasteiger partial charge is 0.490 e. The number of halogens is 3. The van der Waals surface area contributed by atoms with Gasteiger partial charge >= 0.3 is 12.1 Å². The summed E-state index contributed by atoms with van der Waals surface area (Å²) in [5, 5.41) is 11.9. The fourth-order valence-corrected chi connectivity index (χ4v) is 4.11. The van der Waals surface area contributed by atoms with Gasteiger partial charge in [0.1, 0.15) is 0 Å². The van der Waals surface area contributed by atoms with Gasteiger partial charge in [0.2, 0.25) is 0 Å².